The van der Waals surface area contributed by atoms with Gasteiger partial charge in [0, 0.05) is 62.9 Å². The van der Waals surface area contributed by atoms with Crippen molar-refractivity contribution in [1.82, 2.24) is 10.2 Å². The number of nitrogens with one attached hydrogen (secondary N) is 1. The summed E-state index contributed by atoms with van der Waals surface area (Å²) in [6.07, 6.45) is -1.02. The molecule has 0 aromatic heterocycles. The number of methoxy groups -OCH3 is 1. The minimum absolute atomic E-state index is 0.00400. The zero-order valence-electron chi connectivity index (χ0n) is 21.6. The molecule has 2 heterocycles. The van der Waals surface area contributed by atoms with Gasteiger partial charge in [0.25, 0.3) is 5.91 Å². The quantitative estimate of drug-likeness (QED) is 0.235. The molecule has 2 fully saturated rings. The average molecular weight is 524 g/mol. The number of ether oxygens (including phenoxy) is 2. The van der Waals surface area contributed by atoms with E-state index in [1.807, 2.05) is 0 Å². The van der Waals surface area contributed by atoms with Crippen LogP contribution < -0.4 is 16.0 Å². The number of rotatable bonds is 8. The fraction of sp³-hybridized carbons (Fsp3) is 0.538. The molecule has 204 valence electrons. The van der Waals surface area contributed by atoms with Gasteiger partial charge < -0.3 is 30.3 Å². The molecule has 2 saturated heterocycles. The lowest BCUT2D eigenvalue weighted by Gasteiger charge is -2.38. The van der Waals surface area contributed by atoms with E-state index in [2.05, 4.69) is 16.9 Å². The van der Waals surface area contributed by atoms with Gasteiger partial charge in [-0.15, -0.1) is 0 Å². The van der Waals surface area contributed by atoms with Gasteiger partial charge in [-0.3, -0.25) is 4.79 Å². The number of hydrogen-bond donors (Lipinski definition) is 2. The van der Waals surface area contributed by atoms with Crippen LogP contribution in [0.1, 0.15) is 31.7 Å². The molecule has 2 aliphatic heterocycles. The number of amides is 1. The normalized spacial score (nSPS) is 22.2. The van der Waals surface area contributed by atoms with Crippen LogP contribution in [0.4, 0.5) is 18.9 Å². The number of carbonyl (C=O) groups excluding carboxylic acids is 1. The van der Waals surface area contributed by atoms with Crippen LogP contribution in [0.15, 0.2) is 52.8 Å². The summed E-state index contributed by atoms with van der Waals surface area (Å²) in [5.74, 6) is -0.294. The van der Waals surface area contributed by atoms with Crippen molar-refractivity contribution in [3.05, 3.63) is 53.4 Å². The highest BCUT2D eigenvalue weighted by atomic mass is 19.4. The number of hydrogen-bond acceptors (Lipinski definition) is 6. The molecule has 2 unspecified atom stereocenters. The molecular formula is C26H36F3N5O3. The number of anilines is 1. The van der Waals surface area contributed by atoms with Crippen LogP contribution in [-0.2, 0) is 20.4 Å². The third-order valence-corrected chi connectivity index (χ3v) is 7.00. The number of nitrogens with zero attached hydrogens (tertiary/aromatic N) is 3. The fourth-order valence-corrected chi connectivity index (χ4v) is 4.66. The zero-order valence-corrected chi connectivity index (χ0v) is 21.6. The maximum atomic E-state index is 13.4. The highest BCUT2D eigenvalue weighted by Crippen LogP contribution is 2.33. The number of likely N-dealkylation sites (N-methyl/N-ethyl adjacent to an activating group) is 1. The van der Waals surface area contributed by atoms with E-state index in [4.69, 9.17) is 15.2 Å². The SMILES string of the molecule is C=C(/C(C)=C(\N=CN)C(=O)N1CCC(NC2CCOCC2OC)CC1)N(C)c1cccc(C(F)(F)F)c1. The summed E-state index contributed by atoms with van der Waals surface area (Å²) in [4.78, 5) is 20.7. The number of likely N-dealkylation sites (tertiary alicyclic amines) is 1. The van der Waals surface area contributed by atoms with E-state index in [0.717, 1.165) is 37.7 Å². The minimum atomic E-state index is -4.47. The van der Waals surface area contributed by atoms with Gasteiger partial charge in [0.2, 0.25) is 0 Å². The highest BCUT2D eigenvalue weighted by Gasteiger charge is 2.32. The summed E-state index contributed by atoms with van der Waals surface area (Å²) in [6, 6.07) is 5.38. The Morgan fingerprint density at radius 1 is 1.32 bits per heavy atom. The predicted molar refractivity (Wildman–Crippen MR) is 137 cm³/mol. The molecule has 0 bridgehead atoms. The molecule has 3 rings (SSSR count). The first-order valence-corrected chi connectivity index (χ1v) is 12.3. The lowest BCUT2D eigenvalue weighted by molar-refractivity contribution is -0.137. The van der Waals surface area contributed by atoms with Crippen LogP contribution in [0.2, 0.25) is 0 Å². The van der Waals surface area contributed by atoms with Crippen molar-refractivity contribution in [3.8, 4) is 0 Å². The summed E-state index contributed by atoms with van der Waals surface area (Å²) in [5, 5.41) is 3.66. The Morgan fingerprint density at radius 3 is 2.65 bits per heavy atom. The van der Waals surface area contributed by atoms with Gasteiger partial charge in [0.1, 0.15) is 5.70 Å². The van der Waals surface area contributed by atoms with E-state index in [0.29, 0.717) is 37.6 Å². The van der Waals surface area contributed by atoms with E-state index in [-0.39, 0.29) is 35.5 Å². The molecule has 2 aliphatic rings. The standard InChI is InChI=1S/C26H36F3N5O3/c1-17(18(2)33(3)21-7-5-6-19(14-21)26(27,28)29)24(31-16-30)25(35)34-11-8-20(9-12-34)32-22-10-13-37-15-23(22)36-4/h5-7,14,16,20,22-23,32H,2,8-13,15H2,1,3-4H3,(H2,30,31)/b24-17-. The Balaban J connectivity index is 1.69. The molecule has 8 nitrogen and oxygen atoms in total. The molecule has 2 atom stereocenters. The van der Waals surface area contributed by atoms with Crippen molar-refractivity contribution < 1.29 is 27.4 Å². The number of aliphatic imine (C=N–C) groups is 1. The molecule has 0 saturated carbocycles. The molecule has 0 radical (unpaired) electrons. The van der Waals surface area contributed by atoms with Crippen LogP contribution >= 0.6 is 0 Å². The van der Waals surface area contributed by atoms with Gasteiger partial charge in [-0.2, -0.15) is 13.2 Å². The van der Waals surface area contributed by atoms with Crippen molar-refractivity contribution in [3.63, 3.8) is 0 Å². The second-order valence-corrected chi connectivity index (χ2v) is 9.28. The fourth-order valence-electron chi connectivity index (χ4n) is 4.66. The topological polar surface area (TPSA) is 92.4 Å². The van der Waals surface area contributed by atoms with Crippen molar-refractivity contribution in [2.24, 2.45) is 10.7 Å². The zero-order chi connectivity index (χ0) is 27.2. The number of allylic oxidation sites excluding steroid dienone is 1. The molecule has 1 amide bonds. The first-order chi connectivity index (χ1) is 17.6. The van der Waals surface area contributed by atoms with Gasteiger partial charge in [-0.25, -0.2) is 4.99 Å². The predicted octanol–water partition coefficient (Wildman–Crippen LogP) is 3.30. The Labute approximate surface area is 216 Å². The number of piperidine rings is 1. The van der Waals surface area contributed by atoms with Crippen molar-refractivity contribution in [1.29, 1.82) is 0 Å². The second kappa shape index (κ2) is 12.6. The van der Waals surface area contributed by atoms with Gasteiger partial charge in [0.15, 0.2) is 0 Å². The van der Waals surface area contributed by atoms with Crippen LogP contribution in [0.3, 0.4) is 0 Å². The Hall–Kier alpha value is -2.89. The number of nitrogens with two attached hydrogens (primary N) is 1. The maximum Gasteiger partial charge on any atom is 0.416 e. The third kappa shape index (κ3) is 7.12. The molecular weight excluding hydrogens is 487 g/mol. The minimum Gasteiger partial charge on any atom is -0.390 e. The van der Waals surface area contributed by atoms with Crippen LogP contribution in [0, 0.1) is 0 Å². The summed E-state index contributed by atoms with van der Waals surface area (Å²) in [7, 11) is 3.28. The van der Waals surface area contributed by atoms with Crippen molar-refractivity contribution >= 4 is 17.9 Å². The van der Waals surface area contributed by atoms with E-state index in [1.54, 1.807) is 32.0 Å². The molecule has 11 heteroatoms. The first kappa shape index (κ1) is 28.7. The molecule has 0 aliphatic carbocycles. The van der Waals surface area contributed by atoms with E-state index in [1.165, 1.54) is 11.0 Å². The molecule has 1 aromatic rings. The van der Waals surface area contributed by atoms with Gasteiger partial charge in [0.05, 0.1) is 24.6 Å². The molecule has 1 aromatic carbocycles. The second-order valence-electron chi connectivity index (χ2n) is 9.28. The average Bonchev–Trinajstić information content (AvgIpc) is 2.90. The lowest BCUT2D eigenvalue weighted by atomic mass is 9.99. The summed E-state index contributed by atoms with van der Waals surface area (Å²) < 4.78 is 50.6. The van der Waals surface area contributed by atoms with Crippen LogP contribution in [-0.4, -0.2) is 75.8 Å². The summed E-state index contributed by atoms with van der Waals surface area (Å²) >= 11 is 0. The Kier molecular flexibility index (Phi) is 9.74. The smallest absolute Gasteiger partial charge is 0.390 e. The lowest BCUT2D eigenvalue weighted by Crippen LogP contribution is -2.54. The van der Waals surface area contributed by atoms with E-state index < -0.39 is 11.7 Å². The number of alkyl halides is 3. The van der Waals surface area contributed by atoms with E-state index in [9.17, 15) is 18.0 Å². The monoisotopic (exact) mass is 523 g/mol. The maximum absolute atomic E-state index is 13.4. The van der Waals surface area contributed by atoms with E-state index >= 15 is 0 Å². The highest BCUT2D eigenvalue weighted by molar-refractivity contribution is 5.96. The molecule has 3 N–H and O–H groups in total. The number of carbonyl (C=O) groups is 1. The number of benzene rings is 1. The Bertz CT molecular complexity index is 1020. The van der Waals surface area contributed by atoms with Crippen molar-refractivity contribution in [2.75, 3.05) is 45.4 Å². The summed E-state index contributed by atoms with van der Waals surface area (Å²) in [5.41, 5.74) is 5.95. The molecule has 0 spiro atoms. The number of halogens is 3. The van der Waals surface area contributed by atoms with Crippen LogP contribution in [0.25, 0.3) is 0 Å². The summed E-state index contributed by atoms with van der Waals surface area (Å²) in [6.45, 7) is 8.00. The van der Waals surface area contributed by atoms with Crippen molar-refractivity contribution in [2.45, 2.75) is 50.6 Å². The molecule has 37 heavy (non-hydrogen) atoms. The third-order valence-electron chi connectivity index (χ3n) is 7.00. The van der Waals surface area contributed by atoms with Gasteiger partial charge in [-0.1, -0.05) is 12.6 Å². The first-order valence-electron chi connectivity index (χ1n) is 12.3. The van der Waals surface area contributed by atoms with Gasteiger partial charge in [-0.05, 0) is 44.4 Å². The van der Waals surface area contributed by atoms with Gasteiger partial charge >= 0.3 is 6.18 Å². The largest absolute Gasteiger partial charge is 0.416 e. The van der Waals surface area contributed by atoms with Crippen LogP contribution in [0.5, 0.6) is 0 Å². The Morgan fingerprint density at radius 2 is 2.03 bits per heavy atom.